The average molecular weight is 310 g/mol. The highest BCUT2D eigenvalue weighted by Gasteiger charge is 2.14. The molecule has 0 aliphatic carbocycles. The largest absolute Gasteiger partial charge is 0.508 e. The number of hydrogen-bond donors (Lipinski definition) is 1. The summed E-state index contributed by atoms with van der Waals surface area (Å²) in [5, 5.41) is 12.3. The Morgan fingerprint density at radius 3 is 2.64 bits per heavy atom. The Labute approximate surface area is 134 Å². The maximum Gasteiger partial charge on any atom is 0.194 e. The number of thiophene rings is 1. The quantitative estimate of drug-likeness (QED) is 0.659. The van der Waals surface area contributed by atoms with E-state index >= 15 is 0 Å². The third-order valence-corrected chi connectivity index (χ3v) is 4.78. The molecule has 2 aromatic carbocycles. The maximum atomic E-state index is 12.7. The molecule has 0 atom stereocenters. The topological polar surface area (TPSA) is 37.3 Å². The van der Waals surface area contributed by atoms with Gasteiger partial charge in [-0.05, 0) is 36.6 Å². The first-order chi connectivity index (χ1) is 10.7. The van der Waals surface area contributed by atoms with Gasteiger partial charge in [0, 0.05) is 26.6 Å². The van der Waals surface area contributed by atoms with Crippen LogP contribution in [0.4, 0.5) is 0 Å². The minimum atomic E-state index is 0.0407. The Balaban J connectivity index is 1.89. The molecule has 0 spiro atoms. The average Bonchev–Trinajstić information content (AvgIpc) is 2.95. The molecule has 2 nitrogen and oxygen atoms in total. The molecule has 0 saturated heterocycles. The van der Waals surface area contributed by atoms with Crippen molar-refractivity contribution >= 4 is 27.2 Å². The SMILES string of the molecule is CCCCc1ccc(C(=O)c2csc3cc(O)ccc23)cc1. The first-order valence-electron chi connectivity index (χ1n) is 7.53. The van der Waals surface area contributed by atoms with E-state index in [9.17, 15) is 9.90 Å². The van der Waals surface area contributed by atoms with Crippen molar-refractivity contribution in [1.29, 1.82) is 0 Å². The van der Waals surface area contributed by atoms with Crippen molar-refractivity contribution in [2.45, 2.75) is 26.2 Å². The molecule has 3 aromatic rings. The Hall–Kier alpha value is -2.13. The van der Waals surface area contributed by atoms with Crippen LogP contribution in [0.5, 0.6) is 5.75 Å². The van der Waals surface area contributed by atoms with Gasteiger partial charge in [-0.2, -0.15) is 0 Å². The molecule has 0 radical (unpaired) electrons. The van der Waals surface area contributed by atoms with Gasteiger partial charge in [0.15, 0.2) is 5.78 Å². The Morgan fingerprint density at radius 2 is 1.91 bits per heavy atom. The molecular formula is C19H18O2S. The van der Waals surface area contributed by atoms with Crippen molar-refractivity contribution in [3.8, 4) is 5.75 Å². The van der Waals surface area contributed by atoms with Gasteiger partial charge >= 0.3 is 0 Å². The Morgan fingerprint density at radius 1 is 1.14 bits per heavy atom. The first-order valence-corrected chi connectivity index (χ1v) is 8.41. The number of rotatable bonds is 5. The van der Waals surface area contributed by atoms with E-state index in [-0.39, 0.29) is 11.5 Å². The van der Waals surface area contributed by atoms with Gasteiger partial charge in [-0.25, -0.2) is 0 Å². The number of benzene rings is 2. The number of carbonyl (C=O) groups is 1. The predicted molar refractivity (Wildman–Crippen MR) is 92.0 cm³/mol. The van der Waals surface area contributed by atoms with Gasteiger partial charge in [0.2, 0.25) is 0 Å². The Bertz CT molecular complexity index is 800. The second-order valence-corrected chi connectivity index (χ2v) is 6.37. The molecule has 1 heterocycles. The van der Waals surface area contributed by atoms with Crippen LogP contribution in [0.1, 0.15) is 41.3 Å². The minimum absolute atomic E-state index is 0.0407. The number of carbonyl (C=O) groups excluding carboxylic acids is 1. The van der Waals surface area contributed by atoms with E-state index in [0.29, 0.717) is 11.1 Å². The number of fused-ring (bicyclic) bond motifs is 1. The van der Waals surface area contributed by atoms with Crippen LogP contribution in [0.15, 0.2) is 47.8 Å². The van der Waals surface area contributed by atoms with Crippen molar-refractivity contribution < 1.29 is 9.90 Å². The fraction of sp³-hybridized carbons (Fsp3) is 0.211. The lowest BCUT2D eigenvalue weighted by molar-refractivity contribution is 0.104. The summed E-state index contributed by atoms with van der Waals surface area (Å²) < 4.78 is 0.933. The molecule has 0 saturated carbocycles. The number of hydrogen-bond acceptors (Lipinski definition) is 3. The van der Waals surface area contributed by atoms with E-state index < -0.39 is 0 Å². The van der Waals surface area contributed by atoms with Crippen molar-refractivity contribution in [2.24, 2.45) is 0 Å². The normalized spacial score (nSPS) is 11.0. The number of phenols is 1. The van der Waals surface area contributed by atoms with Gasteiger partial charge in [-0.1, -0.05) is 37.6 Å². The molecule has 3 rings (SSSR count). The summed E-state index contributed by atoms with van der Waals surface area (Å²) in [6.07, 6.45) is 3.41. The zero-order chi connectivity index (χ0) is 15.5. The monoisotopic (exact) mass is 310 g/mol. The summed E-state index contributed by atoms with van der Waals surface area (Å²) >= 11 is 1.48. The van der Waals surface area contributed by atoms with E-state index in [1.165, 1.54) is 29.7 Å². The van der Waals surface area contributed by atoms with Gasteiger partial charge in [0.25, 0.3) is 0 Å². The molecule has 0 aliphatic rings. The van der Waals surface area contributed by atoms with E-state index in [1.807, 2.05) is 35.7 Å². The van der Waals surface area contributed by atoms with Crippen LogP contribution in [0.25, 0.3) is 10.1 Å². The fourth-order valence-corrected chi connectivity index (χ4v) is 3.52. The van der Waals surface area contributed by atoms with Gasteiger partial charge in [-0.15, -0.1) is 11.3 Å². The summed E-state index contributed by atoms with van der Waals surface area (Å²) in [6, 6.07) is 13.1. The second-order valence-electron chi connectivity index (χ2n) is 5.46. The zero-order valence-corrected chi connectivity index (χ0v) is 13.3. The minimum Gasteiger partial charge on any atom is -0.508 e. The molecule has 0 unspecified atom stereocenters. The summed E-state index contributed by atoms with van der Waals surface area (Å²) in [5.41, 5.74) is 2.70. The maximum absolute atomic E-state index is 12.7. The molecule has 0 aliphatic heterocycles. The van der Waals surface area contributed by atoms with E-state index in [2.05, 4.69) is 6.92 Å². The molecule has 0 bridgehead atoms. The van der Waals surface area contributed by atoms with E-state index in [0.717, 1.165) is 16.5 Å². The van der Waals surface area contributed by atoms with Crippen LogP contribution in [-0.2, 0) is 6.42 Å². The van der Waals surface area contributed by atoms with Gasteiger partial charge in [0.1, 0.15) is 5.75 Å². The summed E-state index contributed by atoms with van der Waals surface area (Å²) in [4.78, 5) is 12.7. The third kappa shape index (κ3) is 2.90. The van der Waals surface area contributed by atoms with Gasteiger partial charge in [-0.3, -0.25) is 4.79 Å². The molecule has 3 heteroatoms. The van der Waals surface area contributed by atoms with Crippen LogP contribution >= 0.6 is 11.3 Å². The number of ketones is 1. The van der Waals surface area contributed by atoms with Gasteiger partial charge in [0.05, 0.1) is 0 Å². The number of aryl methyl sites for hydroxylation is 1. The van der Waals surface area contributed by atoms with Crippen molar-refractivity contribution in [1.82, 2.24) is 0 Å². The van der Waals surface area contributed by atoms with Crippen LogP contribution < -0.4 is 0 Å². The van der Waals surface area contributed by atoms with E-state index in [4.69, 9.17) is 0 Å². The molecule has 0 fully saturated rings. The lowest BCUT2D eigenvalue weighted by Gasteiger charge is -2.03. The van der Waals surface area contributed by atoms with Crippen LogP contribution in [0, 0.1) is 0 Å². The second kappa shape index (κ2) is 6.32. The molecule has 1 N–H and O–H groups in total. The zero-order valence-electron chi connectivity index (χ0n) is 12.5. The molecule has 112 valence electrons. The fourth-order valence-electron chi connectivity index (χ4n) is 2.55. The summed E-state index contributed by atoms with van der Waals surface area (Å²) in [6.45, 7) is 2.18. The van der Waals surface area contributed by atoms with E-state index in [1.54, 1.807) is 12.1 Å². The van der Waals surface area contributed by atoms with Crippen molar-refractivity contribution in [2.75, 3.05) is 0 Å². The smallest absolute Gasteiger partial charge is 0.194 e. The van der Waals surface area contributed by atoms with Crippen LogP contribution in [-0.4, -0.2) is 10.9 Å². The highest BCUT2D eigenvalue weighted by atomic mass is 32.1. The van der Waals surface area contributed by atoms with Crippen molar-refractivity contribution in [3.63, 3.8) is 0 Å². The van der Waals surface area contributed by atoms with Gasteiger partial charge < -0.3 is 5.11 Å². The number of unbranched alkanes of at least 4 members (excludes halogenated alkanes) is 1. The highest BCUT2D eigenvalue weighted by molar-refractivity contribution is 7.17. The molecule has 22 heavy (non-hydrogen) atoms. The Kier molecular flexibility index (Phi) is 4.25. The van der Waals surface area contributed by atoms with Crippen LogP contribution in [0.3, 0.4) is 0 Å². The molecule has 0 amide bonds. The lowest BCUT2D eigenvalue weighted by atomic mass is 10.00. The first kappa shape index (κ1) is 14.8. The van der Waals surface area contributed by atoms with Crippen LogP contribution in [0.2, 0.25) is 0 Å². The number of phenolic OH excluding ortho intramolecular Hbond substituents is 1. The number of aromatic hydroxyl groups is 1. The predicted octanol–water partition coefficient (Wildman–Crippen LogP) is 5.18. The summed E-state index contributed by atoms with van der Waals surface area (Å²) in [5.74, 6) is 0.271. The summed E-state index contributed by atoms with van der Waals surface area (Å²) in [7, 11) is 0. The standard InChI is InChI=1S/C19H18O2S/c1-2-3-4-13-5-7-14(8-6-13)19(21)17-12-22-18-11-15(20)9-10-16(17)18/h5-12,20H,2-4H2,1H3. The third-order valence-electron chi connectivity index (χ3n) is 3.84. The molecular weight excluding hydrogens is 292 g/mol. The molecule has 1 aromatic heterocycles. The highest BCUT2D eigenvalue weighted by Crippen LogP contribution is 2.30. The van der Waals surface area contributed by atoms with Crippen molar-refractivity contribution in [3.05, 3.63) is 64.5 Å². The lowest BCUT2D eigenvalue weighted by Crippen LogP contribution is -2.00.